The first-order chi connectivity index (χ1) is 8.27. The Morgan fingerprint density at radius 2 is 1.24 bits per heavy atom. The van der Waals surface area contributed by atoms with Crippen LogP contribution in [0, 0.1) is 0 Å². The van der Waals surface area contributed by atoms with Crippen LogP contribution in [0.3, 0.4) is 0 Å². The molecule has 2 aliphatic rings. The van der Waals surface area contributed by atoms with E-state index in [0.29, 0.717) is 8.55 Å². The SMILES string of the molecule is O[Si]([SiH2][SiH2][SiH3])(C1CCCCC1)C1CCCCC1. The minimum atomic E-state index is -1.71. The molecule has 0 unspecified atom stereocenters. The molecule has 0 amide bonds. The maximum absolute atomic E-state index is 11.5. The largest absolute Gasteiger partial charge is 0.435 e. The lowest BCUT2D eigenvalue weighted by Crippen LogP contribution is -2.54. The van der Waals surface area contributed by atoms with E-state index in [2.05, 4.69) is 0 Å². The van der Waals surface area contributed by atoms with Gasteiger partial charge in [-0.05, 0) is 29.4 Å². The second-order valence-electron chi connectivity index (χ2n) is 6.41. The van der Waals surface area contributed by atoms with E-state index in [9.17, 15) is 4.80 Å². The van der Waals surface area contributed by atoms with Gasteiger partial charge in [-0.15, -0.1) is 0 Å². The Kier molecular flexibility index (Phi) is 5.73. The molecule has 0 atom stereocenters. The molecule has 0 aromatic carbocycles. The average molecular weight is 303 g/mol. The third-order valence-electron chi connectivity index (χ3n) is 5.27. The first-order valence-electron chi connectivity index (χ1n) is 7.99. The van der Waals surface area contributed by atoms with Gasteiger partial charge in [-0.25, -0.2) is 0 Å². The van der Waals surface area contributed by atoms with Gasteiger partial charge in [0.2, 0.25) is 0 Å². The van der Waals surface area contributed by atoms with Crippen LogP contribution in [-0.4, -0.2) is 39.5 Å². The first kappa shape index (κ1) is 14.2. The highest BCUT2D eigenvalue weighted by Crippen LogP contribution is 2.45. The van der Waals surface area contributed by atoms with Crippen LogP contribution in [0.5, 0.6) is 0 Å². The van der Waals surface area contributed by atoms with Gasteiger partial charge in [0.1, 0.15) is 0 Å². The van der Waals surface area contributed by atoms with E-state index in [1.54, 1.807) is 0 Å². The molecule has 1 nitrogen and oxygen atoms in total. The van der Waals surface area contributed by atoms with Crippen LogP contribution in [0.15, 0.2) is 0 Å². The highest BCUT2D eigenvalue weighted by Gasteiger charge is 2.45. The standard InChI is InChI=1S/C12H30OSi4/c13-17(16-15-14,11-7-3-1-4-8-11)12-9-5-2-6-10-12/h11-13H,1-10,15-16H2,14H3. The molecular formula is C12H30OSi4. The second-order valence-corrected chi connectivity index (χ2v) is 32.9. The smallest absolute Gasteiger partial charge is 0.171 e. The molecule has 2 fully saturated rings. The quantitative estimate of drug-likeness (QED) is 0.755. The van der Waals surface area contributed by atoms with Gasteiger partial charge in [0.25, 0.3) is 0 Å². The molecule has 2 rings (SSSR count). The fraction of sp³-hybridized carbons (Fsp3) is 1.00. The molecule has 2 saturated carbocycles. The predicted molar refractivity (Wildman–Crippen MR) is 88.7 cm³/mol. The van der Waals surface area contributed by atoms with E-state index in [1.807, 2.05) is 0 Å². The lowest BCUT2D eigenvalue weighted by molar-refractivity contribution is 0.393. The number of rotatable bonds is 4. The topological polar surface area (TPSA) is 20.2 Å². The van der Waals surface area contributed by atoms with Crippen LogP contribution in [-0.2, 0) is 0 Å². The molecule has 0 saturated heterocycles. The fourth-order valence-corrected chi connectivity index (χ4v) is 52.9. The van der Waals surface area contributed by atoms with Gasteiger partial charge < -0.3 is 4.80 Å². The number of hydrogen-bond acceptors (Lipinski definition) is 1. The van der Waals surface area contributed by atoms with Gasteiger partial charge in [-0.1, -0.05) is 64.2 Å². The Morgan fingerprint density at radius 1 is 0.824 bits per heavy atom. The van der Waals surface area contributed by atoms with Crippen LogP contribution >= 0.6 is 0 Å². The van der Waals surface area contributed by atoms with Crippen molar-refractivity contribution in [2.24, 2.45) is 0 Å². The third kappa shape index (κ3) is 3.43. The normalized spacial score (nSPS) is 26.6. The molecule has 0 bridgehead atoms. The van der Waals surface area contributed by atoms with E-state index >= 15 is 0 Å². The van der Waals surface area contributed by atoms with Gasteiger partial charge >= 0.3 is 0 Å². The van der Waals surface area contributed by atoms with Gasteiger partial charge in [0.15, 0.2) is 7.83 Å². The average Bonchev–Trinajstić information content (AvgIpc) is 2.41. The van der Waals surface area contributed by atoms with E-state index in [0.717, 1.165) is 11.1 Å². The summed E-state index contributed by atoms with van der Waals surface area (Å²) in [5, 5.41) is 0. The Labute approximate surface area is 115 Å². The highest BCUT2D eigenvalue weighted by molar-refractivity contribution is 7.50. The van der Waals surface area contributed by atoms with Crippen molar-refractivity contribution in [3.63, 3.8) is 0 Å². The van der Waals surface area contributed by atoms with Crippen LogP contribution in [0.4, 0.5) is 0 Å². The summed E-state index contributed by atoms with van der Waals surface area (Å²) in [5.74, 6) is 0. The Balaban J connectivity index is 2.05. The van der Waals surface area contributed by atoms with E-state index in [1.165, 1.54) is 74.0 Å². The maximum atomic E-state index is 11.5. The second kappa shape index (κ2) is 6.84. The summed E-state index contributed by atoms with van der Waals surface area (Å²) in [6, 6.07) is 0. The zero-order valence-electron chi connectivity index (χ0n) is 11.6. The molecule has 0 aromatic heterocycles. The summed E-state index contributed by atoms with van der Waals surface area (Å²) >= 11 is 0. The van der Waals surface area contributed by atoms with Crippen LogP contribution < -0.4 is 0 Å². The highest BCUT2D eigenvalue weighted by atomic mass is 29.7. The van der Waals surface area contributed by atoms with Gasteiger partial charge in [0.05, 0.1) is 0 Å². The van der Waals surface area contributed by atoms with Crippen molar-refractivity contribution in [1.29, 1.82) is 0 Å². The summed E-state index contributed by atoms with van der Waals surface area (Å²) in [6.45, 7) is 0. The molecule has 100 valence electrons. The van der Waals surface area contributed by atoms with Gasteiger partial charge in [-0.2, -0.15) is 0 Å². The lowest BCUT2D eigenvalue weighted by atomic mass is 9.99. The molecule has 0 radical (unpaired) electrons. The lowest BCUT2D eigenvalue weighted by Gasteiger charge is -2.43. The van der Waals surface area contributed by atoms with Gasteiger partial charge in [0, 0.05) is 8.55 Å². The molecule has 5 heteroatoms. The summed E-state index contributed by atoms with van der Waals surface area (Å²) < 4.78 is 0. The van der Waals surface area contributed by atoms with Crippen LogP contribution in [0.25, 0.3) is 0 Å². The summed E-state index contributed by atoms with van der Waals surface area (Å²) in [4.78, 5) is 11.5. The molecular weight excluding hydrogens is 272 g/mol. The van der Waals surface area contributed by atoms with Crippen LogP contribution in [0.2, 0.25) is 11.1 Å². The van der Waals surface area contributed by atoms with Crippen molar-refractivity contribution < 1.29 is 4.80 Å². The third-order valence-corrected chi connectivity index (χ3v) is 43.1. The summed E-state index contributed by atoms with van der Waals surface area (Å²) in [7, 11) is 0.128. The van der Waals surface area contributed by atoms with E-state index in [4.69, 9.17) is 0 Å². The van der Waals surface area contributed by atoms with Crippen molar-refractivity contribution in [1.82, 2.24) is 0 Å². The van der Waals surface area contributed by atoms with Crippen molar-refractivity contribution in [3.8, 4) is 0 Å². The zero-order valence-corrected chi connectivity index (χ0v) is 17.4. The van der Waals surface area contributed by atoms with Crippen molar-refractivity contribution in [2.45, 2.75) is 75.3 Å². The summed E-state index contributed by atoms with van der Waals surface area (Å²) in [6.07, 6.45) is 14.3. The molecule has 2 aliphatic carbocycles. The molecule has 1 N–H and O–H groups in total. The van der Waals surface area contributed by atoms with Crippen molar-refractivity contribution in [3.05, 3.63) is 0 Å². The van der Waals surface area contributed by atoms with Crippen molar-refractivity contribution >= 4 is 34.7 Å². The minimum Gasteiger partial charge on any atom is -0.435 e. The molecule has 0 aromatic rings. The zero-order chi connectivity index (χ0) is 12.1. The molecule has 0 spiro atoms. The molecule has 17 heavy (non-hydrogen) atoms. The molecule has 0 heterocycles. The Hall–Kier alpha value is 0.828. The van der Waals surface area contributed by atoms with Gasteiger partial charge in [-0.3, -0.25) is 0 Å². The molecule has 0 aliphatic heterocycles. The monoisotopic (exact) mass is 302 g/mol. The Bertz CT molecular complexity index is 207. The minimum absolute atomic E-state index is 0.0446. The van der Waals surface area contributed by atoms with E-state index in [-0.39, 0.29) is 8.55 Å². The van der Waals surface area contributed by atoms with Crippen molar-refractivity contribution in [2.75, 3.05) is 0 Å². The predicted octanol–water partition coefficient (Wildman–Crippen LogP) is 0.622. The first-order valence-corrected chi connectivity index (χ1v) is 22.1. The Morgan fingerprint density at radius 3 is 1.59 bits per heavy atom. The maximum Gasteiger partial charge on any atom is 0.171 e. The van der Waals surface area contributed by atoms with Crippen LogP contribution in [0.1, 0.15) is 64.2 Å². The fourth-order valence-electron chi connectivity index (χ4n) is 4.35. The summed E-state index contributed by atoms with van der Waals surface area (Å²) in [5.41, 5.74) is 1.74. The van der Waals surface area contributed by atoms with E-state index < -0.39 is 7.83 Å². The number of hydrogen-bond donors (Lipinski definition) is 1.